The van der Waals surface area contributed by atoms with Crippen LogP contribution < -0.4 is 5.32 Å². The minimum atomic E-state index is -0.220. The van der Waals surface area contributed by atoms with Crippen molar-refractivity contribution in [1.29, 1.82) is 0 Å². The third kappa shape index (κ3) is 5.55. The summed E-state index contributed by atoms with van der Waals surface area (Å²) < 4.78 is 6.84. The van der Waals surface area contributed by atoms with Crippen molar-refractivity contribution in [3.8, 4) is 0 Å². The number of rotatable bonds is 9. The fraction of sp³-hybridized carbons (Fsp3) is 0.542. The molecule has 0 radical (unpaired) electrons. The number of amides is 2. The SMILES string of the molecule is COCCN1CCn2cc(C(=O)NCCN3CCC(Cc4ccccc4)CC3)nc2C1=O. The van der Waals surface area contributed by atoms with E-state index in [0.29, 0.717) is 44.3 Å². The maximum atomic E-state index is 12.6. The van der Waals surface area contributed by atoms with E-state index >= 15 is 0 Å². The second kappa shape index (κ2) is 10.7. The van der Waals surface area contributed by atoms with Gasteiger partial charge < -0.3 is 24.4 Å². The van der Waals surface area contributed by atoms with Crippen LogP contribution in [0.1, 0.15) is 39.5 Å². The number of hydrogen-bond donors (Lipinski definition) is 1. The van der Waals surface area contributed by atoms with E-state index in [0.717, 1.165) is 32.0 Å². The van der Waals surface area contributed by atoms with Crippen LogP contribution in [0.25, 0.3) is 0 Å². The largest absolute Gasteiger partial charge is 0.383 e. The minimum Gasteiger partial charge on any atom is -0.383 e. The van der Waals surface area contributed by atoms with Crippen LogP contribution in [0.15, 0.2) is 36.5 Å². The van der Waals surface area contributed by atoms with E-state index in [2.05, 4.69) is 45.5 Å². The van der Waals surface area contributed by atoms with Gasteiger partial charge in [0, 0.05) is 46.0 Å². The number of benzene rings is 1. The Hall–Kier alpha value is -2.71. The summed E-state index contributed by atoms with van der Waals surface area (Å²) in [6, 6.07) is 10.7. The highest BCUT2D eigenvalue weighted by Gasteiger charge is 2.28. The molecule has 172 valence electrons. The van der Waals surface area contributed by atoms with Crippen molar-refractivity contribution in [3.05, 3.63) is 53.6 Å². The van der Waals surface area contributed by atoms with Gasteiger partial charge in [-0.05, 0) is 43.8 Å². The molecule has 2 aliphatic heterocycles. The molecular formula is C24H33N5O3. The average Bonchev–Trinajstić information content (AvgIpc) is 3.26. The highest BCUT2D eigenvalue weighted by atomic mass is 16.5. The van der Waals surface area contributed by atoms with Gasteiger partial charge in [-0.3, -0.25) is 9.59 Å². The second-order valence-electron chi connectivity index (χ2n) is 8.66. The summed E-state index contributed by atoms with van der Waals surface area (Å²) in [5, 5.41) is 2.97. The van der Waals surface area contributed by atoms with Gasteiger partial charge in [0.25, 0.3) is 11.8 Å². The Labute approximate surface area is 189 Å². The lowest BCUT2D eigenvalue weighted by atomic mass is 9.90. The molecule has 1 saturated heterocycles. The maximum Gasteiger partial charge on any atom is 0.290 e. The van der Waals surface area contributed by atoms with E-state index in [1.54, 1.807) is 22.8 Å². The van der Waals surface area contributed by atoms with Crippen molar-refractivity contribution >= 4 is 11.8 Å². The molecule has 0 saturated carbocycles. The van der Waals surface area contributed by atoms with E-state index in [4.69, 9.17) is 4.74 Å². The fourth-order valence-electron chi connectivity index (χ4n) is 4.53. The first-order chi connectivity index (χ1) is 15.6. The summed E-state index contributed by atoms with van der Waals surface area (Å²) in [5.41, 5.74) is 1.73. The molecule has 0 unspecified atom stereocenters. The Balaban J connectivity index is 1.20. The van der Waals surface area contributed by atoms with Crippen LogP contribution in [0.2, 0.25) is 0 Å². The summed E-state index contributed by atoms with van der Waals surface area (Å²) in [6.45, 7) is 5.82. The maximum absolute atomic E-state index is 12.6. The molecule has 0 aliphatic carbocycles. The molecule has 2 aromatic rings. The monoisotopic (exact) mass is 439 g/mol. The first-order valence-corrected chi connectivity index (χ1v) is 11.5. The van der Waals surface area contributed by atoms with Crippen molar-refractivity contribution in [1.82, 2.24) is 24.7 Å². The van der Waals surface area contributed by atoms with Crippen molar-refractivity contribution in [2.45, 2.75) is 25.8 Å². The topological polar surface area (TPSA) is 79.7 Å². The molecule has 1 aromatic carbocycles. The average molecular weight is 440 g/mol. The van der Waals surface area contributed by atoms with E-state index in [1.165, 1.54) is 18.4 Å². The lowest BCUT2D eigenvalue weighted by molar-refractivity contribution is 0.0633. The Morgan fingerprint density at radius 1 is 1.12 bits per heavy atom. The lowest BCUT2D eigenvalue weighted by Crippen LogP contribution is -2.42. The molecule has 0 spiro atoms. The number of nitrogens with one attached hydrogen (secondary N) is 1. The van der Waals surface area contributed by atoms with E-state index in [1.807, 2.05) is 0 Å². The molecule has 0 bridgehead atoms. The van der Waals surface area contributed by atoms with Gasteiger partial charge in [0.2, 0.25) is 0 Å². The highest BCUT2D eigenvalue weighted by Crippen LogP contribution is 2.21. The molecule has 2 amide bonds. The van der Waals surface area contributed by atoms with Crippen LogP contribution in [0, 0.1) is 5.92 Å². The summed E-state index contributed by atoms with van der Waals surface area (Å²) in [7, 11) is 1.62. The molecule has 1 N–H and O–H groups in total. The first kappa shape index (κ1) is 22.5. The number of carbonyl (C=O) groups excluding carboxylic acids is 2. The highest BCUT2D eigenvalue weighted by molar-refractivity contribution is 5.96. The summed E-state index contributed by atoms with van der Waals surface area (Å²) in [4.78, 5) is 33.6. The number of piperidine rings is 1. The normalized spacial score (nSPS) is 17.4. The van der Waals surface area contributed by atoms with E-state index < -0.39 is 0 Å². The number of nitrogens with zero attached hydrogens (tertiary/aromatic N) is 4. The Morgan fingerprint density at radius 3 is 2.66 bits per heavy atom. The number of aromatic nitrogens is 2. The molecule has 8 heteroatoms. The predicted octanol–water partition coefficient (Wildman–Crippen LogP) is 1.67. The molecule has 3 heterocycles. The predicted molar refractivity (Wildman–Crippen MR) is 122 cm³/mol. The second-order valence-corrected chi connectivity index (χ2v) is 8.66. The van der Waals surface area contributed by atoms with Crippen LogP contribution >= 0.6 is 0 Å². The Morgan fingerprint density at radius 2 is 1.91 bits per heavy atom. The zero-order chi connectivity index (χ0) is 22.3. The molecule has 4 rings (SSSR count). The van der Waals surface area contributed by atoms with Crippen LogP contribution in [-0.2, 0) is 17.7 Å². The minimum absolute atomic E-state index is 0.147. The molecule has 1 fully saturated rings. The van der Waals surface area contributed by atoms with Crippen LogP contribution in [-0.4, -0.2) is 84.2 Å². The third-order valence-corrected chi connectivity index (χ3v) is 6.45. The number of methoxy groups -OCH3 is 1. The van der Waals surface area contributed by atoms with Crippen LogP contribution in [0.3, 0.4) is 0 Å². The summed E-state index contributed by atoms with van der Waals surface area (Å²) >= 11 is 0. The molecular weight excluding hydrogens is 406 g/mol. The third-order valence-electron chi connectivity index (χ3n) is 6.45. The molecule has 8 nitrogen and oxygen atoms in total. The number of carbonyl (C=O) groups is 2. The van der Waals surface area contributed by atoms with Gasteiger partial charge in [0.05, 0.1) is 6.61 Å². The summed E-state index contributed by atoms with van der Waals surface area (Å²) in [5.74, 6) is 0.701. The van der Waals surface area contributed by atoms with Crippen molar-refractivity contribution in [2.75, 3.05) is 53.0 Å². The van der Waals surface area contributed by atoms with Gasteiger partial charge >= 0.3 is 0 Å². The smallest absolute Gasteiger partial charge is 0.290 e. The van der Waals surface area contributed by atoms with Gasteiger partial charge in [-0.2, -0.15) is 0 Å². The fourth-order valence-corrected chi connectivity index (χ4v) is 4.53. The molecule has 32 heavy (non-hydrogen) atoms. The quantitative estimate of drug-likeness (QED) is 0.643. The van der Waals surface area contributed by atoms with Crippen molar-refractivity contribution < 1.29 is 14.3 Å². The summed E-state index contributed by atoms with van der Waals surface area (Å²) in [6.07, 6.45) is 5.22. The number of hydrogen-bond acceptors (Lipinski definition) is 5. The zero-order valence-corrected chi connectivity index (χ0v) is 18.8. The molecule has 1 aromatic heterocycles. The van der Waals surface area contributed by atoms with E-state index in [-0.39, 0.29) is 11.8 Å². The van der Waals surface area contributed by atoms with Gasteiger partial charge in [-0.15, -0.1) is 0 Å². The molecule has 2 aliphatic rings. The van der Waals surface area contributed by atoms with Gasteiger partial charge in [-0.1, -0.05) is 30.3 Å². The lowest BCUT2D eigenvalue weighted by Gasteiger charge is -2.32. The van der Waals surface area contributed by atoms with Gasteiger partial charge in [0.1, 0.15) is 5.69 Å². The number of likely N-dealkylation sites (tertiary alicyclic amines) is 1. The zero-order valence-electron chi connectivity index (χ0n) is 18.8. The Kier molecular flexibility index (Phi) is 7.55. The van der Waals surface area contributed by atoms with Crippen LogP contribution in [0.4, 0.5) is 0 Å². The van der Waals surface area contributed by atoms with Crippen LogP contribution in [0.5, 0.6) is 0 Å². The first-order valence-electron chi connectivity index (χ1n) is 11.5. The standard InChI is InChI=1S/C24H33N5O3/c1-32-16-15-28-13-14-29-18-21(26-22(29)24(28)31)23(30)25-9-12-27-10-7-20(8-11-27)17-19-5-3-2-4-6-19/h2-6,18,20H,7-17H2,1H3,(H,25,30). The van der Waals surface area contributed by atoms with E-state index in [9.17, 15) is 9.59 Å². The molecule has 0 atom stereocenters. The van der Waals surface area contributed by atoms with Gasteiger partial charge in [0.15, 0.2) is 5.82 Å². The number of fused-ring (bicyclic) bond motifs is 1. The van der Waals surface area contributed by atoms with Gasteiger partial charge in [-0.25, -0.2) is 4.98 Å². The van der Waals surface area contributed by atoms with Crippen molar-refractivity contribution in [2.24, 2.45) is 5.92 Å². The Bertz CT molecular complexity index is 906. The number of imidazole rings is 1. The van der Waals surface area contributed by atoms with Crippen molar-refractivity contribution in [3.63, 3.8) is 0 Å². The number of ether oxygens (including phenoxy) is 1.